The third kappa shape index (κ3) is 5.49. The van der Waals surface area contributed by atoms with Crippen LogP contribution >= 0.6 is 0 Å². The third-order valence-corrected chi connectivity index (χ3v) is 6.80. The molecule has 1 aliphatic heterocycles. The first-order valence-electron chi connectivity index (χ1n) is 9.17. The van der Waals surface area contributed by atoms with Crippen LogP contribution in [0.1, 0.15) is 33.1 Å². The summed E-state index contributed by atoms with van der Waals surface area (Å²) in [6.07, 6.45) is 2.72. The molecule has 1 aromatic rings. The van der Waals surface area contributed by atoms with Gasteiger partial charge in [-0.1, -0.05) is 13.0 Å². The number of nitrogens with one attached hydrogen (secondary N) is 1. The van der Waals surface area contributed by atoms with Crippen LogP contribution in [0.25, 0.3) is 0 Å². The molecule has 1 saturated heterocycles. The Balaban J connectivity index is 2.04. The molecule has 9 nitrogen and oxygen atoms in total. The van der Waals surface area contributed by atoms with E-state index >= 15 is 0 Å². The lowest BCUT2D eigenvalue weighted by Crippen LogP contribution is -2.48. The SMILES string of the molecule is C[C@@H]1CC[C@H](NC(=O)[CH]C[C@H](C)C(N)=O)[C@@H](O)CN1S(=O)(=O)c1ccccn1. The van der Waals surface area contributed by atoms with Gasteiger partial charge in [-0.2, -0.15) is 4.31 Å². The van der Waals surface area contributed by atoms with Crippen molar-refractivity contribution in [2.24, 2.45) is 11.7 Å². The number of carbonyl (C=O) groups excluding carboxylic acids is 2. The summed E-state index contributed by atoms with van der Waals surface area (Å²) in [6, 6.07) is 3.67. The van der Waals surface area contributed by atoms with Crippen LogP contribution in [0.3, 0.4) is 0 Å². The zero-order chi connectivity index (χ0) is 20.9. The van der Waals surface area contributed by atoms with Gasteiger partial charge in [0.15, 0.2) is 5.03 Å². The number of aliphatic hydroxyl groups is 1. The maximum Gasteiger partial charge on any atom is 0.260 e. The van der Waals surface area contributed by atoms with Gasteiger partial charge in [0.2, 0.25) is 11.8 Å². The summed E-state index contributed by atoms with van der Waals surface area (Å²) in [5.74, 6) is -1.39. The van der Waals surface area contributed by atoms with Crippen molar-refractivity contribution in [3.05, 3.63) is 30.8 Å². The second-order valence-corrected chi connectivity index (χ2v) is 8.93. The van der Waals surface area contributed by atoms with Gasteiger partial charge in [-0.15, -0.1) is 0 Å². The molecule has 0 aliphatic carbocycles. The van der Waals surface area contributed by atoms with E-state index in [0.717, 1.165) is 0 Å². The van der Waals surface area contributed by atoms with Crippen LogP contribution < -0.4 is 11.1 Å². The first-order valence-corrected chi connectivity index (χ1v) is 10.6. The quantitative estimate of drug-likeness (QED) is 0.568. The molecule has 2 amide bonds. The van der Waals surface area contributed by atoms with E-state index in [2.05, 4.69) is 10.3 Å². The predicted octanol–water partition coefficient (Wildman–Crippen LogP) is -0.184. The van der Waals surface area contributed by atoms with Crippen molar-refractivity contribution >= 4 is 21.8 Å². The van der Waals surface area contributed by atoms with Gasteiger partial charge in [0.1, 0.15) is 0 Å². The van der Waals surface area contributed by atoms with Crippen LogP contribution in [0.2, 0.25) is 0 Å². The number of sulfonamides is 1. The summed E-state index contributed by atoms with van der Waals surface area (Å²) in [4.78, 5) is 27.1. The number of rotatable bonds is 7. The van der Waals surface area contributed by atoms with Gasteiger partial charge in [0.25, 0.3) is 10.0 Å². The van der Waals surface area contributed by atoms with E-state index in [4.69, 9.17) is 5.73 Å². The highest BCUT2D eigenvalue weighted by Crippen LogP contribution is 2.24. The molecule has 155 valence electrons. The molecule has 4 atom stereocenters. The van der Waals surface area contributed by atoms with E-state index in [0.29, 0.717) is 12.8 Å². The van der Waals surface area contributed by atoms with Crippen molar-refractivity contribution in [3.8, 4) is 0 Å². The van der Waals surface area contributed by atoms with Crippen molar-refractivity contribution in [3.63, 3.8) is 0 Å². The highest BCUT2D eigenvalue weighted by Gasteiger charge is 2.37. The number of β-amino-alcohol motifs (C(OH)–C–C–N with tert-alkyl or cyclic N) is 1. The number of aliphatic hydroxyl groups excluding tert-OH is 1. The Morgan fingerprint density at radius 2 is 2.14 bits per heavy atom. The number of carbonyl (C=O) groups is 2. The first-order chi connectivity index (χ1) is 13.1. The molecule has 0 spiro atoms. The number of amides is 2. The van der Waals surface area contributed by atoms with E-state index in [1.54, 1.807) is 26.0 Å². The number of hydrogen-bond donors (Lipinski definition) is 3. The smallest absolute Gasteiger partial charge is 0.260 e. The van der Waals surface area contributed by atoms with Gasteiger partial charge >= 0.3 is 0 Å². The van der Waals surface area contributed by atoms with Crippen LogP contribution in [-0.2, 0) is 19.6 Å². The minimum Gasteiger partial charge on any atom is -0.390 e. The topological polar surface area (TPSA) is 143 Å². The molecule has 28 heavy (non-hydrogen) atoms. The number of nitrogens with zero attached hydrogens (tertiary/aromatic N) is 2. The number of nitrogens with two attached hydrogens (primary N) is 1. The molecular weight excluding hydrogens is 384 g/mol. The molecule has 1 aromatic heterocycles. The number of primary amides is 1. The molecule has 2 rings (SSSR count). The summed E-state index contributed by atoms with van der Waals surface area (Å²) in [7, 11) is -3.86. The zero-order valence-electron chi connectivity index (χ0n) is 16.0. The number of hydrogen-bond acceptors (Lipinski definition) is 6. The van der Waals surface area contributed by atoms with Gasteiger partial charge in [0, 0.05) is 24.7 Å². The van der Waals surface area contributed by atoms with Crippen molar-refractivity contribution < 1.29 is 23.1 Å². The molecule has 0 unspecified atom stereocenters. The van der Waals surface area contributed by atoms with E-state index in [1.807, 2.05) is 0 Å². The fraction of sp³-hybridized carbons (Fsp3) is 0.556. The van der Waals surface area contributed by atoms with Crippen LogP contribution in [0.15, 0.2) is 29.4 Å². The summed E-state index contributed by atoms with van der Waals surface area (Å²) in [5, 5.41) is 13.2. The Morgan fingerprint density at radius 3 is 2.75 bits per heavy atom. The summed E-state index contributed by atoms with van der Waals surface area (Å²) in [5.41, 5.74) is 5.17. The van der Waals surface area contributed by atoms with E-state index in [1.165, 1.54) is 23.0 Å². The van der Waals surface area contributed by atoms with Crippen LogP contribution in [-0.4, -0.2) is 59.4 Å². The van der Waals surface area contributed by atoms with Gasteiger partial charge in [-0.25, -0.2) is 13.4 Å². The second-order valence-electron chi connectivity index (χ2n) is 7.09. The van der Waals surface area contributed by atoms with Crippen LogP contribution in [0, 0.1) is 12.3 Å². The lowest BCUT2D eigenvalue weighted by molar-refractivity contribution is -0.121. The Labute approximate surface area is 165 Å². The predicted molar refractivity (Wildman–Crippen MR) is 102 cm³/mol. The molecule has 4 N–H and O–H groups in total. The normalized spacial score (nSPS) is 24.9. The highest BCUT2D eigenvalue weighted by atomic mass is 32.2. The lowest BCUT2D eigenvalue weighted by Gasteiger charge is -2.27. The summed E-state index contributed by atoms with van der Waals surface area (Å²) < 4.78 is 27.0. The standard InChI is InChI=1S/C18H27N4O5S/c1-12(18(19)25)6-9-16(24)21-14-8-7-13(2)22(11-15(14)23)28(26,27)17-5-3-4-10-20-17/h3-5,9-10,12-15,23H,6-8,11H2,1-2H3,(H2,19,25)(H,21,24)/t12-,13+,14-,15-/m0/s1. The monoisotopic (exact) mass is 411 g/mol. The maximum absolute atomic E-state index is 12.9. The molecule has 2 heterocycles. The molecule has 1 fully saturated rings. The molecule has 1 radical (unpaired) electrons. The van der Waals surface area contributed by atoms with Crippen LogP contribution in [0.5, 0.6) is 0 Å². The molecule has 1 aliphatic rings. The molecule has 0 aromatic carbocycles. The van der Waals surface area contributed by atoms with Gasteiger partial charge in [0.05, 0.1) is 18.6 Å². The molecular formula is C18H27N4O5S. The molecule has 10 heteroatoms. The largest absolute Gasteiger partial charge is 0.390 e. The van der Waals surface area contributed by atoms with E-state index in [-0.39, 0.29) is 24.0 Å². The third-order valence-electron chi connectivity index (χ3n) is 4.90. The average molecular weight is 412 g/mol. The van der Waals surface area contributed by atoms with Gasteiger partial charge < -0.3 is 16.2 Å². The Hall–Kier alpha value is -2.04. The van der Waals surface area contributed by atoms with E-state index in [9.17, 15) is 23.1 Å². The summed E-state index contributed by atoms with van der Waals surface area (Å²) in [6.45, 7) is 3.23. The Bertz CT molecular complexity index is 786. The van der Waals surface area contributed by atoms with Gasteiger partial charge in [-0.05, 0) is 38.3 Å². The van der Waals surface area contributed by atoms with Crippen molar-refractivity contribution in [2.75, 3.05) is 6.54 Å². The minimum absolute atomic E-state index is 0.0784. The maximum atomic E-state index is 12.9. The molecule has 0 bridgehead atoms. The lowest BCUT2D eigenvalue weighted by atomic mass is 10.0. The van der Waals surface area contributed by atoms with E-state index < -0.39 is 39.9 Å². The van der Waals surface area contributed by atoms with Crippen molar-refractivity contribution in [1.29, 1.82) is 0 Å². The van der Waals surface area contributed by atoms with Crippen molar-refractivity contribution in [2.45, 2.75) is 56.3 Å². The average Bonchev–Trinajstić information content (AvgIpc) is 2.80. The van der Waals surface area contributed by atoms with Gasteiger partial charge in [-0.3, -0.25) is 9.59 Å². The second kappa shape index (κ2) is 9.44. The van der Waals surface area contributed by atoms with Crippen molar-refractivity contribution in [1.82, 2.24) is 14.6 Å². The summed E-state index contributed by atoms with van der Waals surface area (Å²) >= 11 is 0. The highest BCUT2D eigenvalue weighted by molar-refractivity contribution is 7.89. The Morgan fingerprint density at radius 1 is 1.43 bits per heavy atom. The number of pyridine rings is 1. The fourth-order valence-corrected chi connectivity index (χ4v) is 4.63. The first kappa shape index (κ1) is 22.3. The molecule has 0 saturated carbocycles. The minimum atomic E-state index is -3.86. The Kier molecular flexibility index (Phi) is 7.50. The van der Waals surface area contributed by atoms with Crippen LogP contribution in [0.4, 0.5) is 0 Å². The number of aromatic nitrogens is 1. The fourth-order valence-electron chi connectivity index (χ4n) is 3.01. The zero-order valence-corrected chi connectivity index (χ0v) is 16.8.